The first-order valence-electron chi connectivity index (χ1n) is 9.90. The van der Waals surface area contributed by atoms with E-state index in [1.165, 1.54) is 48.5 Å². The molecule has 0 aliphatic carbocycles. The molecule has 0 heterocycles. The van der Waals surface area contributed by atoms with E-state index in [4.69, 9.17) is 27.9 Å². The van der Waals surface area contributed by atoms with E-state index in [0.717, 1.165) is 0 Å². The van der Waals surface area contributed by atoms with Crippen molar-refractivity contribution in [3.8, 4) is 11.8 Å². The number of amides is 2. The number of hydrogen-bond acceptors (Lipinski definition) is 6. The molecule has 3 rings (SSSR count). The van der Waals surface area contributed by atoms with Crippen molar-refractivity contribution >= 4 is 58.2 Å². The molecule has 0 saturated heterocycles. The minimum absolute atomic E-state index is 0.145. The number of ether oxygens (including phenoxy) is 1. The average Bonchev–Trinajstić information content (AvgIpc) is 2.83. The van der Waals surface area contributed by atoms with Gasteiger partial charge in [0, 0.05) is 39.1 Å². The van der Waals surface area contributed by atoms with E-state index in [2.05, 4.69) is 10.6 Å². The monoisotopic (exact) mass is 510 g/mol. The summed E-state index contributed by atoms with van der Waals surface area (Å²) in [6, 6.07) is 18.1. The highest BCUT2D eigenvalue weighted by molar-refractivity contribution is 6.31. The number of anilines is 2. The topological polar surface area (TPSA) is 134 Å². The SMILES string of the molecule is N#C/C(=C\c1cc(Cl)ccc1OCC(=O)Nc1ccc(Cl)cc1)C(=O)Nc1cccc([N+](=O)[O-])c1. The number of nitrogens with one attached hydrogen (secondary N) is 2. The van der Waals surface area contributed by atoms with E-state index >= 15 is 0 Å². The number of nitro benzene ring substituents is 1. The predicted octanol–water partition coefficient (Wildman–Crippen LogP) is 5.46. The molecular weight excluding hydrogens is 495 g/mol. The molecule has 176 valence electrons. The lowest BCUT2D eigenvalue weighted by Crippen LogP contribution is -2.20. The maximum Gasteiger partial charge on any atom is 0.271 e. The minimum Gasteiger partial charge on any atom is -0.483 e. The number of carbonyl (C=O) groups is 2. The number of hydrogen-bond donors (Lipinski definition) is 2. The van der Waals surface area contributed by atoms with Crippen LogP contribution in [-0.2, 0) is 9.59 Å². The van der Waals surface area contributed by atoms with Gasteiger partial charge in [0.05, 0.1) is 4.92 Å². The highest BCUT2D eigenvalue weighted by Crippen LogP contribution is 2.26. The molecule has 0 fully saturated rings. The van der Waals surface area contributed by atoms with Crippen LogP contribution in [-0.4, -0.2) is 23.3 Å². The van der Waals surface area contributed by atoms with Crippen LogP contribution in [0.5, 0.6) is 5.75 Å². The summed E-state index contributed by atoms with van der Waals surface area (Å²) < 4.78 is 5.58. The van der Waals surface area contributed by atoms with Gasteiger partial charge in [0.1, 0.15) is 17.4 Å². The third-order valence-electron chi connectivity index (χ3n) is 4.44. The van der Waals surface area contributed by atoms with Gasteiger partial charge >= 0.3 is 0 Å². The van der Waals surface area contributed by atoms with Crippen LogP contribution >= 0.6 is 23.2 Å². The molecule has 0 bridgehead atoms. The van der Waals surface area contributed by atoms with Gasteiger partial charge in [-0.1, -0.05) is 29.3 Å². The Bertz CT molecular complexity index is 1350. The Morgan fingerprint density at radius 3 is 2.40 bits per heavy atom. The molecule has 0 unspecified atom stereocenters. The molecule has 11 heteroatoms. The summed E-state index contributed by atoms with van der Waals surface area (Å²) in [5, 5.41) is 26.4. The van der Waals surface area contributed by atoms with E-state index < -0.39 is 16.7 Å². The van der Waals surface area contributed by atoms with Crippen molar-refractivity contribution in [1.82, 2.24) is 0 Å². The molecule has 2 N–H and O–H groups in total. The lowest BCUT2D eigenvalue weighted by molar-refractivity contribution is -0.384. The number of halogens is 2. The molecule has 3 aromatic rings. The fraction of sp³-hybridized carbons (Fsp3) is 0.0417. The van der Waals surface area contributed by atoms with Crippen LogP contribution in [0.2, 0.25) is 10.0 Å². The van der Waals surface area contributed by atoms with Crippen LogP contribution in [0.1, 0.15) is 5.56 Å². The summed E-state index contributed by atoms with van der Waals surface area (Å²) in [5.74, 6) is -1.03. The molecular formula is C24H16Cl2N4O5. The highest BCUT2D eigenvalue weighted by Gasteiger charge is 2.14. The Kier molecular flexibility index (Phi) is 8.40. The first-order valence-corrected chi connectivity index (χ1v) is 10.7. The molecule has 0 aliphatic rings. The molecule has 0 spiro atoms. The van der Waals surface area contributed by atoms with E-state index in [9.17, 15) is 25.0 Å². The Morgan fingerprint density at radius 2 is 1.71 bits per heavy atom. The van der Waals surface area contributed by atoms with Crippen molar-refractivity contribution < 1.29 is 19.2 Å². The maximum atomic E-state index is 12.6. The first kappa shape index (κ1) is 25.2. The molecule has 0 aliphatic heterocycles. The van der Waals surface area contributed by atoms with Crippen molar-refractivity contribution in [2.75, 3.05) is 17.2 Å². The third-order valence-corrected chi connectivity index (χ3v) is 4.93. The zero-order chi connectivity index (χ0) is 25.4. The van der Waals surface area contributed by atoms with E-state index in [-0.39, 0.29) is 34.9 Å². The first-order chi connectivity index (χ1) is 16.7. The number of non-ortho nitro benzene ring substituents is 1. The van der Waals surface area contributed by atoms with E-state index in [1.54, 1.807) is 30.3 Å². The standard InChI is InChI=1S/C24H16Cl2N4O5/c25-17-4-7-19(8-5-17)28-23(31)14-35-22-9-6-18(26)11-15(22)10-16(13-27)24(32)29-20-2-1-3-21(12-20)30(33)34/h1-12H,14H2,(H,28,31)(H,29,32)/b16-10+. The van der Waals surface area contributed by atoms with Crippen LogP contribution in [0.25, 0.3) is 6.08 Å². The molecule has 0 radical (unpaired) electrons. The van der Waals surface area contributed by atoms with Crippen molar-refractivity contribution in [2.45, 2.75) is 0 Å². The number of benzene rings is 3. The Balaban J connectivity index is 1.75. The lowest BCUT2D eigenvalue weighted by atomic mass is 10.1. The van der Waals surface area contributed by atoms with Gasteiger partial charge in [-0.05, 0) is 54.6 Å². The smallest absolute Gasteiger partial charge is 0.271 e. The van der Waals surface area contributed by atoms with Gasteiger partial charge in [-0.25, -0.2) is 0 Å². The largest absolute Gasteiger partial charge is 0.483 e. The second kappa shape index (κ2) is 11.7. The van der Waals surface area contributed by atoms with E-state index in [0.29, 0.717) is 15.7 Å². The van der Waals surface area contributed by atoms with Crippen molar-refractivity contribution in [2.24, 2.45) is 0 Å². The molecule has 2 amide bonds. The fourth-order valence-corrected chi connectivity index (χ4v) is 3.14. The van der Waals surface area contributed by atoms with Crippen molar-refractivity contribution in [1.29, 1.82) is 5.26 Å². The zero-order valence-corrected chi connectivity index (χ0v) is 19.3. The Morgan fingerprint density at radius 1 is 1.00 bits per heavy atom. The van der Waals surface area contributed by atoms with Gasteiger partial charge in [0.15, 0.2) is 6.61 Å². The second-order valence-electron chi connectivity index (χ2n) is 6.96. The molecule has 3 aromatic carbocycles. The lowest BCUT2D eigenvalue weighted by Gasteiger charge is -2.11. The van der Waals surface area contributed by atoms with Gasteiger partial charge in [-0.2, -0.15) is 5.26 Å². The highest BCUT2D eigenvalue weighted by atomic mass is 35.5. The minimum atomic E-state index is -0.792. The van der Waals surface area contributed by atoms with Gasteiger partial charge in [0.25, 0.3) is 17.5 Å². The van der Waals surface area contributed by atoms with Gasteiger partial charge in [-0.3, -0.25) is 19.7 Å². The normalized spacial score (nSPS) is 10.7. The molecule has 35 heavy (non-hydrogen) atoms. The summed E-state index contributed by atoms with van der Waals surface area (Å²) in [5.41, 5.74) is 0.431. The van der Waals surface area contributed by atoms with Crippen LogP contribution < -0.4 is 15.4 Å². The summed E-state index contributed by atoms with van der Waals surface area (Å²) in [7, 11) is 0. The average molecular weight is 511 g/mol. The summed E-state index contributed by atoms with van der Waals surface area (Å²) in [4.78, 5) is 35.2. The Labute approximate surface area is 209 Å². The van der Waals surface area contributed by atoms with Crippen LogP contribution in [0.15, 0.2) is 72.3 Å². The number of nitro groups is 1. The summed E-state index contributed by atoms with van der Waals surface area (Å²) >= 11 is 11.9. The number of carbonyl (C=O) groups excluding carboxylic acids is 2. The molecule has 0 atom stereocenters. The number of nitriles is 1. The third kappa shape index (κ3) is 7.30. The van der Waals surface area contributed by atoms with Crippen LogP contribution in [0.3, 0.4) is 0 Å². The van der Waals surface area contributed by atoms with Gasteiger partial charge in [0.2, 0.25) is 0 Å². The number of nitrogens with zero attached hydrogens (tertiary/aromatic N) is 2. The van der Waals surface area contributed by atoms with Gasteiger partial charge < -0.3 is 15.4 Å². The van der Waals surface area contributed by atoms with Crippen LogP contribution in [0.4, 0.5) is 17.1 Å². The number of rotatable bonds is 8. The predicted molar refractivity (Wildman–Crippen MR) is 132 cm³/mol. The maximum absolute atomic E-state index is 12.6. The summed E-state index contributed by atoms with van der Waals surface area (Å²) in [6.45, 7) is -0.354. The molecule has 0 saturated carbocycles. The summed E-state index contributed by atoms with van der Waals surface area (Å²) in [6.07, 6.45) is 1.24. The second-order valence-corrected chi connectivity index (χ2v) is 7.83. The Hall–Kier alpha value is -4.39. The molecule has 9 nitrogen and oxygen atoms in total. The molecule has 0 aromatic heterocycles. The van der Waals surface area contributed by atoms with Crippen molar-refractivity contribution in [3.05, 3.63) is 98.0 Å². The zero-order valence-electron chi connectivity index (χ0n) is 17.8. The quantitative estimate of drug-likeness (QED) is 0.178. The van der Waals surface area contributed by atoms with E-state index in [1.807, 2.05) is 0 Å². The fourth-order valence-electron chi connectivity index (χ4n) is 2.84. The van der Waals surface area contributed by atoms with Crippen molar-refractivity contribution in [3.63, 3.8) is 0 Å². The van der Waals surface area contributed by atoms with Crippen LogP contribution in [0, 0.1) is 21.4 Å². The van der Waals surface area contributed by atoms with Gasteiger partial charge in [-0.15, -0.1) is 0 Å².